The minimum absolute atomic E-state index is 0.00477. The van der Waals surface area contributed by atoms with Crippen molar-refractivity contribution < 1.29 is 19.1 Å². The molecule has 5 nitrogen and oxygen atoms in total. The number of carbonyl (C=O) groups is 2. The monoisotopic (exact) mass is 329 g/mol. The molecule has 2 atom stereocenters. The van der Waals surface area contributed by atoms with Crippen LogP contribution in [-0.2, 0) is 19.1 Å². The zero-order chi connectivity index (χ0) is 16.9. The fourth-order valence-electron chi connectivity index (χ4n) is 3.25. The molecule has 0 aromatic heterocycles. The van der Waals surface area contributed by atoms with E-state index in [1.807, 2.05) is 30.3 Å². The third-order valence-corrected chi connectivity index (χ3v) is 4.53. The number of nitrogens with zero attached hydrogens (tertiary/aromatic N) is 1. The average molecular weight is 329 g/mol. The van der Waals surface area contributed by atoms with E-state index < -0.39 is 0 Å². The Bertz CT molecular complexity index is 634. The van der Waals surface area contributed by atoms with E-state index in [0.29, 0.717) is 6.61 Å². The minimum atomic E-state index is -0.316. The van der Waals surface area contributed by atoms with Gasteiger partial charge in [-0.1, -0.05) is 24.3 Å². The first-order valence-electron chi connectivity index (χ1n) is 8.48. The van der Waals surface area contributed by atoms with Crippen molar-refractivity contribution in [1.29, 1.82) is 0 Å². The Morgan fingerprint density at radius 1 is 1.29 bits per heavy atom. The molecule has 24 heavy (non-hydrogen) atoms. The van der Waals surface area contributed by atoms with Gasteiger partial charge in [-0.2, -0.15) is 0 Å². The molecule has 2 heterocycles. The van der Waals surface area contributed by atoms with Crippen LogP contribution in [0.4, 0.5) is 0 Å². The molecule has 2 aliphatic heterocycles. The molecule has 0 saturated carbocycles. The molecular weight excluding hydrogens is 306 g/mol. The van der Waals surface area contributed by atoms with Crippen LogP contribution >= 0.6 is 0 Å². The second-order valence-electron chi connectivity index (χ2n) is 6.26. The maximum Gasteiger partial charge on any atom is 0.308 e. The van der Waals surface area contributed by atoms with Crippen LogP contribution in [0.1, 0.15) is 49.8 Å². The van der Waals surface area contributed by atoms with Gasteiger partial charge in [0.1, 0.15) is 6.61 Å². The second kappa shape index (κ2) is 7.62. The fraction of sp³-hybridized carbons (Fsp3) is 0.474. The quantitative estimate of drug-likeness (QED) is 0.797. The first-order valence-corrected chi connectivity index (χ1v) is 8.48. The number of hydrogen-bond donors (Lipinski definition) is 0. The summed E-state index contributed by atoms with van der Waals surface area (Å²) in [5, 5.41) is 0. The van der Waals surface area contributed by atoms with Crippen LogP contribution in [0.3, 0.4) is 0 Å². The number of hydrogen-bond acceptors (Lipinski definition) is 4. The second-order valence-corrected chi connectivity index (χ2v) is 6.26. The zero-order valence-corrected chi connectivity index (χ0v) is 13.9. The number of benzene rings is 1. The SMILES string of the molecule is CC(=O)N1C=Cc2ccccc2C1CC(=O)OCC1CCCCO1. The predicted molar refractivity (Wildman–Crippen MR) is 89.9 cm³/mol. The van der Waals surface area contributed by atoms with Gasteiger partial charge in [-0.05, 0) is 36.5 Å². The topological polar surface area (TPSA) is 55.8 Å². The Morgan fingerprint density at radius 2 is 2.12 bits per heavy atom. The van der Waals surface area contributed by atoms with Crippen LogP contribution in [0.2, 0.25) is 0 Å². The first-order chi connectivity index (χ1) is 11.6. The highest BCUT2D eigenvalue weighted by Crippen LogP contribution is 2.33. The fourth-order valence-corrected chi connectivity index (χ4v) is 3.25. The maximum absolute atomic E-state index is 12.3. The van der Waals surface area contributed by atoms with E-state index in [0.717, 1.165) is 37.0 Å². The highest BCUT2D eigenvalue weighted by molar-refractivity contribution is 5.80. The first kappa shape index (κ1) is 16.7. The van der Waals surface area contributed by atoms with Gasteiger partial charge in [-0.15, -0.1) is 0 Å². The van der Waals surface area contributed by atoms with Gasteiger partial charge < -0.3 is 14.4 Å². The molecule has 3 rings (SSSR count). The van der Waals surface area contributed by atoms with Gasteiger partial charge in [0.2, 0.25) is 5.91 Å². The Labute approximate surface area is 142 Å². The van der Waals surface area contributed by atoms with Gasteiger partial charge in [-0.25, -0.2) is 0 Å². The zero-order valence-electron chi connectivity index (χ0n) is 13.9. The smallest absolute Gasteiger partial charge is 0.308 e. The van der Waals surface area contributed by atoms with E-state index in [2.05, 4.69) is 0 Å². The Hall–Kier alpha value is -2.14. The summed E-state index contributed by atoms with van der Waals surface area (Å²) in [5.74, 6) is -0.389. The van der Waals surface area contributed by atoms with E-state index in [4.69, 9.17) is 9.47 Å². The molecule has 1 saturated heterocycles. The normalized spacial score (nSPS) is 22.8. The van der Waals surface area contributed by atoms with E-state index in [9.17, 15) is 9.59 Å². The highest BCUT2D eigenvalue weighted by atomic mass is 16.6. The summed E-state index contributed by atoms with van der Waals surface area (Å²) >= 11 is 0. The standard InChI is InChI=1S/C19H23NO4/c1-14(21)20-10-9-15-6-2-3-8-17(15)18(20)12-19(22)24-13-16-7-4-5-11-23-16/h2-3,6,8-10,16,18H,4-5,7,11-13H2,1H3. The summed E-state index contributed by atoms with van der Waals surface area (Å²) in [6.45, 7) is 2.54. The largest absolute Gasteiger partial charge is 0.463 e. The molecule has 0 radical (unpaired) electrons. The van der Waals surface area contributed by atoms with Gasteiger partial charge in [0.05, 0.1) is 18.6 Å². The van der Waals surface area contributed by atoms with Crippen molar-refractivity contribution in [3.63, 3.8) is 0 Å². The van der Waals surface area contributed by atoms with Crippen LogP contribution in [0.5, 0.6) is 0 Å². The Kier molecular flexibility index (Phi) is 5.30. The summed E-state index contributed by atoms with van der Waals surface area (Å²) in [6, 6.07) is 7.49. The van der Waals surface area contributed by atoms with E-state index in [1.165, 1.54) is 6.92 Å². The van der Waals surface area contributed by atoms with Crippen LogP contribution in [0.15, 0.2) is 30.5 Å². The Balaban J connectivity index is 1.65. The van der Waals surface area contributed by atoms with Gasteiger partial charge in [0, 0.05) is 19.7 Å². The van der Waals surface area contributed by atoms with Crippen LogP contribution < -0.4 is 0 Å². The number of ether oxygens (including phenoxy) is 2. The molecule has 1 amide bonds. The molecule has 1 fully saturated rings. The lowest BCUT2D eigenvalue weighted by Crippen LogP contribution is -2.33. The van der Waals surface area contributed by atoms with E-state index in [-0.39, 0.29) is 30.4 Å². The number of carbonyl (C=O) groups excluding carboxylic acids is 2. The number of rotatable bonds is 4. The lowest BCUT2D eigenvalue weighted by Gasteiger charge is -2.32. The van der Waals surface area contributed by atoms with Crippen LogP contribution in [-0.4, -0.2) is 36.1 Å². The molecule has 0 aliphatic carbocycles. The van der Waals surface area contributed by atoms with Gasteiger partial charge in [0.25, 0.3) is 0 Å². The summed E-state index contributed by atoms with van der Waals surface area (Å²) in [4.78, 5) is 25.8. The molecule has 0 N–H and O–H groups in total. The average Bonchev–Trinajstić information content (AvgIpc) is 2.61. The van der Waals surface area contributed by atoms with Crippen molar-refractivity contribution >= 4 is 18.0 Å². The molecule has 2 aliphatic rings. The van der Waals surface area contributed by atoms with Crippen molar-refractivity contribution in [3.05, 3.63) is 41.6 Å². The predicted octanol–water partition coefficient (Wildman–Crippen LogP) is 3.06. The van der Waals surface area contributed by atoms with Crippen molar-refractivity contribution in [3.8, 4) is 0 Å². The molecule has 2 unspecified atom stereocenters. The Morgan fingerprint density at radius 3 is 2.88 bits per heavy atom. The van der Waals surface area contributed by atoms with Gasteiger partial charge >= 0.3 is 5.97 Å². The van der Waals surface area contributed by atoms with E-state index >= 15 is 0 Å². The molecule has 5 heteroatoms. The minimum Gasteiger partial charge on any atom is -0.463 e. The number of amides is 1. The van der Waals surface area contributed by atoms with Crippen molar-refractivity contribution in [2.45, 2.75) is 44.8 Å². The molecule has 0 spiro atoms. The third kappa shape index (κ3) is 3.85. The van der Waals surface area contributed by atoms with Gasteiger partial charge in [-0.3, -0.25) is 9.59 Å². The summed E-state index contributed by atoms with van der Waals surface area (Å²) < 4.78 is 11.0. The summed E-state index contributed by atoms with van der Waals surface area (Å²) in [5.41, 5.74) is 2.00. The maximum atomic E-state index is 12.3. The lowest BCUT2D eigenvalue weighted by atomic mass is 9.94. The molecule has 128 valence electrons. The third-order valence-electron chi connectivity index (χ3n) is 4.53. The summed E-state index contributed by atoms with van der Waals surface area (Å²) in [6.07, 6.45) is 6.91. The lowest BCUT2D eigenvalue weighted by molar-refractivity contribution is -0.150. The van der Waals surface area contributed by atoms with Gasteiger partial charge in [0.15, 0.2) is 0 Å². The van der Waals surface area contributed by atoms with Crippen molar-refractivity contribution in [1.82, 2.24) is 4.90 Å². The molecule has 0 bridgehead atoms. The van der Waals surface area contributed by atoms with Crippen LogP contribution in [0, 0.1) is 0 Å². The number of esters is 1. The number of fused-ring (bicyclic) bond motifs is 1. The van der Waals surface area contributed by atoms with Crippen molar-refractivity contribution in [2.24, 2.45) is 0 Å². The van der Waals surface area contributed by atoms with Crippen molar-refractivity contribution in [2.75, 3.05) is 13.2 Å². The summed E-state index contributed by atoms with van der Waals surface area (Å²) in [7, 11) is 0. The molecule has 1 aromatic carbocycles. The van der Waals surface area contributed by atoms with Crippen LogP contribution in [0.25, 0.3) is 6.08 Å². The molecular formula is C19H23NO4. The molecule has 1 aromatic rings. The highest BCUT2D eigenvalue weighted by Gasteiger charge is 2.29. The van der Waals surface area contributed by atoms with E-state index in [1.54, 1.807) is 11.1 Å².